The van der Waals surface area contributed by atoms with Crippen LogP contribution in [0.3, 0.4) is 0 Å². The van der Waals surface area contributed by atoms with Gasteiger partial charge in [-0.3, -0.25) is 9.59 Å². The van der Waals surface area contributed by atoms with Crippen LogP contribution in [0.1, 0.15) is 39.7 Å². The third-order valence-electron chi connectivity index (χ3n) is 3.36. The predicted molar refractivity (Wildman–Crippen MR) is 99.3 cm³/mol. The summed E-state index contributed by atoms with van der Waals surface area (Å²) in [7, 11) is 1.35. The van der Waals surface area contributed by atoms with Gasteiger partial charge in [0.15, 0.2) is 0 Å². The summed E-state index contributed by atoms with van der Waals surface area (Å²) in [4.78, 5) is 25.5. The zero-order valence-corrected chi connectivity index (χ0v) is 15.8. The Morgan fingerprint density at radius 1 is 1.20 bits per heavy atom. The van der Waals surface area contributed by atoms with Gasteiger partial charge in [0.2, 0.25) is 5.91 Å². The van der Waals surface area contributed by atoms with Crippen LogP contribution in [0.25, 0.3) is 6.08 Å². The van der Waals surface area contributed by atoms with E-state index in [1.165, 1.54) is 13.2 Å². The zero-order valence-electron chi connectivity index (χ0n) is 15.8. The van der Waals surface area contributed by atoms with Gasteiger partial charge in [0.05, 0.1) is 19.6 Å². The lowest BCUT2D eigenvalue weighted by Crippen LogP contribution is -2.34. The van der Waals surface area contributed by atoms with Crippen LogP contribution in [0.4, 0.5) is 0 Å². The second-order valence-electron chi connectivity index (χ2n) is 6.58. The van der Waals surface area contributed by atoms with Gasteiger partial charge in [-0.2, -0.15) is 0 Å². The highest BCUT2D eigenvalue weighted by Crippen LogP contribution is 2.16. The number of carbonyl (C=O) groups is 2. The Labute approximate surface area is 150 Å². The van der Waals surface area contributed by atoms with Crippen molar-refractivity contribution in [3.63, 3.8) is 0 Å². The van der Waals surface area contributed by atoms with Crippen molar-refractivity contribution in [3.05, 3.63) is 35.9 Å². The van der Waals surface area contributed by atoms with Crippen LogP contribution in [0, 0.1) is 5.92 Å². The normalized spacial score (nSPS) is 11.2. The molecule has 1 aromatic carbocycles. The third-order valence-corrected chi connectivity index (χ3v) is 3.36. The average Bonchev–Trinajstić information content (AvgIpc) is 2.55. The van der Waals surface area contributed by atoms with Gasteiger partial charge in [0, 0.05) is 19.2 Å². The first-order valence-electron chi connectivity index (χ1n) is 8.62. The summed E-state index contributed by atoms with van der Waals surface area (Å²) >= 11 is 0. The Hall–Kier alpha value is -2.30. The van der Waals surface area contributed by atoms with Crippen molar-refractivity contribution in [2.75, 3.05) is 20.2 Å². The number of rotatable bonds is 9. The van der Waals surface area contributed by atoms with Crippen molar-refractivity contribution in [2.45, 2.75) is 40.2 Å². The summed E-state index contributed by atoms with van der Waals surface area (Å²) in [5.41, 5.74) is 0.893. The molecule has 138 valence electrons. The van der Waals surface area contributed by atoms with Crippen molar-refractivity contribution in [1.82, 2.24) is 4.90 Å². The monoisotopic (exact) mass is 347 g/mol. The highest BCUT2D eigenvalue weighted by molar-refractivity contribution is 5.92. The Kier molecular flexibility index (Phi) is 8.75. The standard InChI is InChI=1S/C20H29NO4/c1-15(2)14-21(12-11-20(23)24-5)19(22)10-9-17-7-6-8-18(13-17)25-16(3)4/h6-10,13,15-16H,11-12,14H2,1-5H3/b10-9+. The first kappa shape index (κ1) is 20.7. The molecule has 0 radical (unpaired) electrons. The number of benzene rings is 1. The van der Waals surface area contributed by atoms with E-state index in [1.54, 1.807) is 11.0 Å². The molecule has 0 aliphatic heterocycles. The minimum Gasteiger partial charge on any atom is -0.491 e. The van der Waals surface area contributed by atoms with Crippen LogP contribution >= 0.6 is 0 Å². The van der Waals surface area contributed by atoms with E-state index in [4.69, 9.17) is 4.74 Å². The number of hydrogen-bond acceptors (Lipinski definition) is 4. The van der Waals surface area contributed by atoms with Gasteiger partial charge in [-0.25, -0.2) is 0 Å². The first-order chi connectivity index (χ1) is 11.8. The molecule has 0 bridgehead atoms. The number of esters is 1. The van der Waals surface area contributed by atoms with Gasteiger partial charge in [-0.15, -0.1) is 0 Å². The van der Waals surface area contributed by atoms with Crippen LogP contribution in [0.2, 0.25) is 0 Å². The fourth-order valence-electron chi connectivity index (χ4n) is 2.30. The van der Waals surface area contributed by atoms with Crippen LogP contribution in [0.5, 0.6) is 5.75 Å². The Morgan fingerprint density at radius 3 is 2.52 bits per heavy atom. The lowest BCUT2D eigenvalue weighted by Gasteiger charge is -2.22. The van der Waals surface area contributed by atoms with Crippen molar-refractivity contribution in [3.8, 4) is 5.75 Å². The molecule has 0 aliphatic rings. The molecule has 5 heteroatoms. The van der Waals surface area contributed by atoms with Crippen LogP contribution in [0.15, 0.2) is 30.3 Å². The van der Waals surface area contributed by atoms with Crippen molar-refractivity contribution < 1.29 is 19.1 Å². The topological polar surface area (TPSA) is 55.8 Å². The molecule has 0 saturated carbocycles. The van der Waals surface area contributed by atoms with E-state index < -0.39 is 0 Å². The molecule has 0 saturated heterocycles. The molecule has 1 amide bonds. The van der Waals surface area contributed by atoms with Crippen molar-refractivity contribution in [1.29, 1.82) is 0 Å². The molecule has 5 nitrogen and oxygen atoms in total. The maximum Gasteiger partial charge on any atom is 0.307 e. The number of nitrogens with zero attached hydrogens (tertiary/aromatic N) is 1. The summed E-state index contributed by atoms with van der Waals surface area (Å²) in [6.07, 6.45) is 3.59. The Bertz CT molecular complexity index is 593. The van der Waals surface area contributed by atoms with Gasteiger partial charge in [0.1, 0.15) is 5.75 Å². The molecule has 0 aromatic heterocycles. The lowest BCUT2D eigenvalue weighted by molar-refractivity contribution is -0.141. The zero-order chi connectivity index (χ0) is 18.8. The van der Waals surface area contributed by atoms with Gasteiger partial charge >= 0.3 is 5.97 Å². The van der Waals surface area contributed by atoms with E-state index in [-0.39, 0.29) is 24.4 Å². The van der Waals surface area contributed by atoms with E-state index >= 15 is 0 Å². The molecule has 0 unspecified atom stereocenters. The van der Waals surface area contributed by atoms with Crippen LogP contribution in [-0.2, 0) is 14.3 Å². The largest absolute Gasteiger partial charge is 0.491 e. The molecule has 0 fully saturated rings. The Balaban J connectivity index is 2.77. The minimum atomic E-state index is -0.316. The van der Waals surface area contributed by atoms with E-state index in [0.717, 1.165) is 11.3 Å². The minimum absolute atomic E-state index is 0.0979. The molecule has 25 heavy (non-hydrogen) atoms. The second-order valence-corrected chi connectivity index (χ2v) is 6.58. The molecular weight excluding hydrogens is 318 g/mol. The molecule has 0 heterocycles. The number of amides is 1. The highest BCUT2D eigenvalue weighted by atomic mass is 16.5. The SMILES string of the molecule is COC(=O)CCN(CC(C)C)C(=O)/C=C/c1cccc(OC(C)C)c1. The second kappa shape index (κ2) is 10.5. The number of carbonyl (C=O) groups excluding carboxylic acids is 2. The number of hydrogen-bond donors (Lipinski definition) is 0. The molecular formula is C20H29NO4. The summed E-state index contributed by atoms with van der Waals surface area (Å²) < 4.78 is 10.3. The lowest BCUT2D eigenvalue weighted by atomic mass is 10.1. The number of ether oxygens (including phenoxy) is 2. The molecule has 1 rings (SSSR count). The van der Waals surface area contributed by atoms with Gasteiger partial charge in [-0.05, 0) is 43.5 Å². The summed E-state index contributed by atoms with van der Waals surface area (Å²) in [6.45, 7) is 8.96. The highest BCUT2D eigenvalue weighted by Gasteiger charge is 2.14. The predicted octanol–water partition coefficient (Wildman–Crippen LogP) is 3.53. The van der Waals surface area contributed by atoms with Crippen molar-refractivity contribution in [2.24, 2.45) is 5.92 Å². The van der Waals surface area contributed by atoms with Crippen molar-refractivity contribution >= 4 is 18.0 Å². The fraction of sp³-hybridized carbons (Fsp3) is 0.500. The maximum absolute atomic E-state index is 12.5. The van der Waals surface area contributed by atoms with Gasteiger partial charge in [0.25, 0.3) is 0 Å². The smallest absolute Gasteiger partial charge is 0.307 e. The molecule has 1 aromatic rings. The van der Waals surface area contributed by atoms with E-state index in [9.17, 15) is 9.59 Å². The van der Waals surface area contributed by atoms with E-state index in [1.807, 2.05) is 52.0 Å². The molecule has 0 N–H and O–H groups in total. The quantitative estimate of drug-likeness (QED) is 0.506. The van der Waals surface area contributed by atoms with Gasteiger partial charge < -0.3 is 14.4 Å². The summed E-state index contributed by atoms with van der Waals surface area (Å²) in [5, 5.41) is 0. The molecule has 0 spiro atoms. The maximum atomic E-state index is 12.5. The summed E-state index contributed by atoms with van der Waals surface area (Å²) in [6, 6.07) is 7.59. The third kappa shape index (κ3) is 8.38. The molecule has 0 aliphatic carbocycles. The first-order valence-corrected chi connectivity index (χ1v) is 8.62. The molecule has 0 atom stereocenters. The van der Waals surface area contributed by atoms with Crippen LogP contribution < -0.4 is 4.74 Å². The number of methoxy groups -OCH3 is 1. The van der Waals surface area contributed by atoms with E-state index in [2.05, 4.69) is 4.74 Å². The average molecular weight is 347 g/mol. The van der Waals surface area contributed by atoms with Gasteiger partial charge in [-0.1, -0.05) is 26.0 Å². The summed E-state index contributed by atoms with van der Waals surface area (Å²) in [5.74, 6) is 0.656. The Morgan fingerprint density at radius 2 is 1.92 bits per heavy atom. The fourth-order valence-corrected chi connectivity index (χ4v) is 2.30. The van der Waals surface area contributed by atoms with E-state index in [0.29, 0.717) is 19.0 Å². The van der Waals surface area contributed by atoms with Crippen LogP contribution in [-0.4, -0.2) is 43.1 Å².